The van der Waals surface area contributed by atoms with Crippen LogP contribution in [0.15, 0.2) is 12.1 Å². The predicted molar refractivity (Wildman–Crippen MR) is 78.0 cm³/mol. The summed E-state index contributed by atoms with van der Waals surface area (Å²) >= 11 is 13.1. The summed E-state index contributed by atoms with van der Waals surface area (Å²) in [5.74, 6) is -0.250. The number of rotatable bonds is 3. The second kappa shape index (κ2) is 5.43. The van der Waals surface area contributed by atoms with Crippen molar-refractivity contribution in [2.75, 3.05) is 5.32 Å². The normalized spacial score (nSPS) is 12.7. The Hall–Kier alpha value is -0.840. The highest BCUT2D eigenvalue weighted by molar-refractivity contribution is 7.22. The second-order valence-electron chi connectivity index (χ2n) is 3.89. The van der Waals surface area contributed by atoms with E-state index in [1.807, 2.05) is 19.1 Å². The van der Waals surface area contributed by atoms with Crippen molar-refractivity contribution in [2.45, 2.75) is 25.6 Å². The second-order valence-corrected chi connectivity index (χ2v) is 6.01. The van der Waals surface area contributed by atoms with Crippen LogP contribution in [0.3, 0.4) is 0 Å². The Bertz CT molecular complexity index is 595. The van der Waals surface area contributed by atoms with Gasteiger partial charge in [-0.3, -0.25) is 4.79 Å². The summed E-state index contributed by atoms with van der Waals surface area (Å²) in [6.45, 7) is 3.67. The average Bonchev–Trinajstić information content (AvgIpc) is 2.69. The van der Waals surface area contributed by atoms with Crippen LogP contribution in [0.5, 0.6) is 0 Å². The fourth-order valence-electron chi connectivity index (χ4n) is 1.59. The number of hydrogen-bond acceptors (Lipinski definition) is 3. The Labute approximate surface area is 119 Å². The van der Waals surface area contributed by atoms with Crippen molar-refractivity contribution in [3.63, 3.8) is 0 Å². The molecule has 18 heavy (non-hydrogen) atoms. The first-order valence-corrected chi connectivity index (χ1v) is 7.18. The molecule has 0 aliphatic rings. The number of fused-ring (bicyclic) bond motifs is 1. The number of nitrogens with zero attached hydrogens (tertiary/aromatic N) is 1. The third kappa shape index (κ3) is 2.76. The van der Waals surface area contributed by atoms with Crippen LogP contribution in [0.4, 0.5) is 5.13 Å². The molecule has 3 nitrogen and oxygen atoms in total. The molecular weight excluding hydrogens is 291 g/mol. The molecule has 0 aliphatic heterocycles. The van der Waals surface area contributed by atoms with Crippen molar-refractivity contribution in [3.8, 4) is 0 Å². The summed E-state index contributed by atoms with van der Waals surface area (Å²) < 4.78 is 0.969. The number of carbonyl (C=O) groups is 1. The monoisotopic (exact) mass is 302 g/mol. The number of nitrogens with one attached hydrogen (secondary N) is 1. The fraction of sp³-hybridized carbons (Fsp3) is 0.333. The van der Waals surface area contributed by atoms with Crippen LogP contribution in [-0.2, 0) is 11.2 Å². The number of aromatic nitrogens is 1. The predicted octanol–water partition coefficient (Wildman–Crippen LogP) is 4.08. The maximum atomic E-state index is 11.5. The molecule has 1 N–H and O–H groups in total. The Kier molecular flexibility index (Phi) is 4.10. The summed E-state index contributed by atoms with van der Waals surface area (Å²) in [4.78, 5) is 15.9. The first-order valence-electron chi connectivity index (χ1n) is 5.55. The van der Waals surface area contributed by atoms with Gasteiger partial charge in [0, 0.05) is 5.02 Å². The van der Waals surface area contributed by atoms with Crippen LogP contribution >= 0.6 is 34.5 Å². The van der Waals surface area contributed by atoms with E-state index >= 15 is 0 Å². The van der Waals surface area contributed by atoms with Crippen molar-refractivity contribution in [3.05, 3.63) is 22.7 Å². The molecule has 1 aromatic carbocycles. The number of alkyl halides is 1. The minimum Gasteiger partial charge on any atom is -0.301 e. The number of anilines is 1. The van der Waals surface area contributed by atoms with Crippen LogP contribution in [0.25, 0.3) is 10.2 Å². The smallest absolute Gasteiger partial charge is 0.243 e. The summed E-state index contributed by atoms with van der Waals surface area (Å²) in [7, 11) is 0. The first-order chi connectivity index (χ1) is 8.51. The summed E-state index contributed by atoms with van der Waals surface area (Å²) in [6.07, 6.45) is 0.847. The number of aryl methyl sites for hydroxylation is 1. The van der Waals surface area contributed by atoms with Gasteiger partial charge in [-0.1, -0.05) is 29.9 Å². The van der Waals surface area contributed by atoms with Gasteiger partial charge in [-0.15, -0.1) is 11.6 Å². The molecule has 0 fully saturated rings. The van der Waals surface area contributed by atoms with E-state index in [0.717, 1.165) is 22.2 Å². The summed E-state index contributed by atoms with van der Waals surface area (Å²) in [5, 5.41) is 3.36. The highest BCUT2D eigenvalue weighted by atomic mass is 35.5. The fourth-order valence-corrected chi connectivity index (χ4v) is 2.91. The lowest BCUT2D eigenvalue weighted by molar-refractivity contribution is -0.115. The lowest BCUT2D eigenvalue weighted by Crippen LogP contribution is -2.20. The van der Waals surface area contributed by atoms with Crippen LogP contribution in [0, 0.1) is 0 Å². The van der Waals surface area contributed by atoms with Crippen molar-refractivity contribution >= 4 is 55.8 Å². The van der Waals surface area contributed by atoms with Gasteiger partial charge >= 0.3 is 0 Å². The van der Waals surface area contributed by atoms with Gasteiger partial charge in [0.05, 0.1) is 10.2 Å². The number of thiazole rings is 1. The van der Waals surface area contributed by atoms with Crippen LogP contribution in [-0.4, -0.2) is 16.3 Å². The zero-order chi connectivity index (χ0) is 13.3. The van der Waals surface area contributed by atoms with E-state index in [2.05, 4.69) is 10.3 Å². The van der Waals surface area contributed by atoms with E-state index in [9.17, 15) is 4.79 Å². The molecule has 0 unspecified atom stereocenters. The van der Waals surface area contributed by atoms with E-state index in [0.29, 0.717) is 10.2 Å². The van der Waals surface area contributed by atoms with E-state index in [4.69, 9.17) is 23.2 Å². The minimum absolute atomic E-state index is 0.250. The lowest BCUT2D eigenvalue weighted by atomic mass is 10.1. The van der Waals surface area contributed by atoms with Gasteiger partial charge in [0.1, 0.15) is 5.38 Å². The van der Waals surface area contributed by atoms with Gasteiger partial charge < -0.3 is 5.32 Å². The molecule has 2 aromatic rings. The Morgan fingerprint density at radius 3 is 2.89 bits per heavy atom. The van der Waals surface area contributed by atoms with Gasteiger partial charge in [-0.05, 0) is 31.0 Å². The first kappa shape index (κ1) is 13.6. The van der Waals surface area contributed by atoms with Crippen LogP contribution in [0.2, 0.25) is 5.02 Å². The number of benzene rings is 1. The molecule has 0 bridgehead atoms. The zero-order valence-electron chi connectivity index (χ0n) is 9.96. The van der Waals surface area contributed by atoms with E-state index in [1.165, 1.54) is 11.3 Å². The topological polar surface area (TPSA) is 42.0 Å². The number of carbonyl (C=O) groups excluding carboxylic acids is 1. The maximum absolute atomic E-state index is 11.5. The molecule has 1 heterocycles. The molecule has 0 aliphatic carbocycles. The largest absolute Gasteiger partial charge is 0.301 e. The molecule has 0 saturated heterocycles. The number of amides is 1. The molecule has 1 atom stereocenters. The lowest BCUT2D eigenvalue weighted by Gasteiger charge is -2.01. The van der Waals surface area contributed by atoms with Gasteiger partial charge in [0.25, 0.3) is 0 Å². The standard InChI is InChI=1S/C12H12Cl2N2OS/c1-3-7-4-8(14)5-9-10(7)15-12(18-9)16-11(17)6(2)13/h4-6H,3H2,1-2H3,(H,15,16,17)/t6-/m0/s1. The Morgan fingerprint density at radius 2 is 2.28 bits per heavy atom. The highest BCUT2D eigenvalue weighted by Crippen LogP contribution is 2.31. The maximum Gasteiger partial charge on any atom is 0.243 e. The third-order valence-corrected chi connectivity index (χ3v) is 3.85. The van der Waals surface area contributed by atoms with Gasteiger partial charge in [-0.25, -0.2) is 4.98 Å². The molecule has 6 heteroatoms. The highest BCUT2D eigenvalue weighted by Gasteiger charge is 2.14. The molecular formula is C12H12Cl2N2OS. The van der Waals surface area contributed by atoms with E-state index in [-0.39, 0.29) is 5.91 Å². The summed E-state index contributed by atoms with van der Waals surface area (Å²) in [5.41, 5.74) is 1.97. The molecule has 96 valence electrons. The quantitative estimate of drug-likeness (QED) is 0.868. The Balaban J connectivity index is 2.41. The van der Waals surface area contributed by atoms with Crippen molar-refractivity contribution in [1.82, 2.24) is 4.98 Å². The van der Waals surface area contributed by atoms with E-state index < -0.39 is 5.38 Å². The summed E-state index contributed by atoms with van der Waals surface area (Å²) in [6, 6.07) is 3.76. The average molecular weight is 303 g/mol. The van der Waals surface area contributed by atoms with Crippen molar-refractivity contribution in [2.24, 2.45) is 0 Å². The molecule has 2 rings (SSSR count). The third-order valence-electron chi connectivity index (χ3n) is 2.51. The van der Waals surface area contributed by atoms with Crippen LogP contribution in [0.1, 0.15) is 19.4 Å². The number of halogens is 2. The molecule has 0 radical (unpaired) electrons. The van der Waals surface area contributed by atoms with E-state index in [1.54, 1.807) is 6.92 Å². The molecule has 1 aromatic heterocycles. The molecule has 0 spiro atoms. The minimum atomic E-state index is -0.578. The molecule has 1 amide bonds. The van der Waals surface area contributed by atoms with Gasteiger partial charge in [-0.2, -0.15) is 0 Å². The van der Waals surface area contributed by atoms with Crippen molar-refractivity contribution < 1.29 is 4.79 Å². The zero-order valence-corrected chi connectivity index (χ0v) is 12.3. The molecule has 0 saturated carbocycles. The van der Waals surface area contributed by atoms with Crippen LogP contribution < -0.4 is 5.32 Å². The van der Waals surface area contributed by atoms with Crippen molar-refractivity contribution in [1.29, 1.82) is 0 Å². The number of hydrogen-bond donors (Lipinski definition) is 1. The van der Waals surface area contributed by atoms with Gasteiger partial charge in [0.2, 0.25) is 5.91 Å². The SMILES string of the molecule is CCc1cc(Cl)cc2sc(NC(=O)[C@H](C)Cl)nc12. The van der Waals surface area contributed by atoms with Gasteiger partial charge in [0.15, 0.2) is 5.13 Å². The Morgan fingerprint density at radius 1 is 1.56 bits per heavy atom.